The van der Waals surface area contributed by atoms with Gasteiger partial charge in [0.1, 0.15) is 0 Å². The molecular weight excluding hydrogens is 446 g/mol. The maximum absolute atomic E-state index is 12.8. The molecule has 2 aromatic carbocycles. The second kappa shape index (κ2) is 9.78. The molecule has 10 heteroatoms. The molecule has 0 bridgehead atoms. The van der Waals surface area contributed by atoms with E-state index in [0.717, 1.165) is 22.5 Å². The number of hydrazone groups is 1. The molecule has 0 saturated carbocycles. The number of thiazole rings is 1. The number of nitrogens with zero attached hydrogens (tertiary/aromatic N) is 4. The second-order valence-electron chi connectivity index (χ2n) is 7.43. The molecule has 0 radical (unpaired) electrons. The van der Waals surface area contributed by atoms with Crippen LogP contribution in [0.3, 0.4) is 0 Å². The fourth-order valence-corrected chi connectivity index (χ4v) is 5.29. The number of rotatable bonds is 7. The highest BCUT2D eigenvalue weighted by molar-refractivity contribution is 7.89. The molecule has 32 heavy (non-hydrogen) atoms. The third kappa shape index (κ3) is 5.16. The summed E-state index contributed by atoms with van der Waals surface area (Å²) in [5, 5.41) is 6.83. The quantitative estimate of drug-likeness (QED) is 0.420. The van der Waals surface area contributed by atoms with Crippen LogP contribution in [0.5, 0.6) is 0 Å². The summed E-state index contributed by atoms with van der Waals surface area (Å²) in [6.07, 6.45) is 1.74. The molecule has 0 unspecified atom stereocenters. The van der Waals surface area contributed by atoms with Gasteiger partial charge in [-0.25, -0.2) is 13.4 Å². The largest absolute Gasteiger partial charge is 0.379 e. The van der Waals surface area contributed by atoms with E-state index in [-0.39, 0.29) is 4.90 Å². The third-order valence-corrected chi connectivity index (χ3v) is 7.71. The molecular formula is C22H25N5O3S2. The maximum Gasteiger partial charge on any atom is 0.243 e. The minimum atomic E-state index is -3.50. The van der Waals surface area contributed by atoms with Crippen LogP contribution in [0.15, 0.2) is 63.9 Å². The fraction of sp³-hybridized carbons (Fsp3) is 0.273. The first-order chi connectivity index (χ1) is 15.4. The molecule has 2 heterocycles. The third-order valence-electron chi connectivity index (χ3n) is 5.05. The monoisotopic (exact) mass is 471 g/mol. The lowest BCUT2D eigenvalue weighted by Gasteiger charge is -2.26. The normalized spacial score (nSPS) is 15.2. The molecule has 1 saturated heterocycles. The van der Waals surface area contributed by atoms with Gasteiger partial charge in [-0.3, -0.25) is 5.43 Å². The van der Waals surface area contributed by atoms with E-state index >= 15 is 0 Å². The van der Waals surface area contributed by atoms with Crippen molar-refractivity contribution in [3.63, 3.8) is 0 Å². The zero-order valence-corrected chi connectivity index (χ0v) is 19.6. The van der Waals surface area contributed by atoms with E-state index in [0.29, 0.717) is 31.4 Å². The Hall–Kier alpha value is -2.79. The lowest BCUT2D eigenvalue weighted by Crippen LogP contribution is -2.40. The Labute approximate surface area is 192 Å². The topological polar surface area (TPSA) is 87.1 Å². The summed E-state index contributed by atoms with van der Waals surface area (Å²) in [6.45, 7) is 1.61. The number of anilines is 2. The Morgan fingerprint density at radius 3 is 2.44 bits per heavy atom. The van der Waals surface area contributed by atoms with Crippen LogP contribution in [0.2, 0.25) is 0 Å². The van der Waals surface area contributed by atoms with Crippen LogP contribution >= 0.6 is 11.3 Å². The first kappa shape index (κ1) is 22.4. The highest BCUT2D eigenvalue weighted by Gasteiger charge is 2.26. The van der Waals surface area contributed by atoms with Gasteiger partial charge in [0.05, 0.1) is 30.0 Å². The molecule has 0 aliphatic carbocycles. The Morgan fingerprint density at radius 1 is 1.09 bits per heavy atom. The molecule has 8 nitrogen and oxygen atoms in total. The van der Waals surface area contributed by atoms with Crippen molar-refractivity contribution in [3.8, 4) is 11.3 Å². The Bertz CT molecular complexity index is 1170. The summed E-state index contributed by atoms with van der Waals surface area (Å²) in [5.74, 6) is 0. The van der Waals surface area contributed by atoms with E-state index in [9.17, 15) is 8.42 Å². The number of hydrogen-bond donors (Lipinski definition) is 1. The minimum absolute atomic E-state index is 0.279. The number of sulfonamides is 1. The van der Waals surface area contributed by atoms with Crippen LogP contribution in [-0.2, 0) is 14.8 Å². The van der Waals surface area contributed by atoms with Crippen molar-refractivity contribution >= 4 is 38.4 Å². The Balaban J connectivity index is 1.40. The van der Waals surface area contributed by atoms with Crippen molar-refractivity contribution in [2.75, 3.05) is 50.7 Å². The SMILES string of the molecule is CN(C)c1ccc(/C=N\Nc2nc(-c3ccc(S(=O)(=O)N4CCOCC4)cc3)cs2)cc1. The van der Waals surface area contributed by atoms with Crippen LogP contribution in [0, 0.1) is 0 Å². The molecule has 1 aliphatic heterocycles. The molecule has 3 aromatic rings. The molecule has 1 aliphatic rings. The molecule has 0 spiro atoms. The summed E-state index contributed by atoms with van der Waals surface area (Å²) in [5.41, 5.74) is 6.67. The maximum atomic E-state index is 12.8. The van der Waals surface area contributed by atoms with Gasteiger partial charge in [-0.1, -0.05) is 24.3 Å². The summed E-state index contributed by atoms with van der Waals surface area (Å²) in [7, 11) is 0.502. The first-order valence-electron chi connectivity index (χ1n) is 10.1. The van der Waals surface area contributed by atoms with Gasteiger partial charge in [0, 0.05) is 43.8 Å². The summed E-state index contributed by atoms with van der Waals surface area (Å²) in [6, 6.07) is 14.9. The highest BCUT2D eigenvalue weighted by Crippen LogP contribution is 2.27. The number of ether oxygens (including phenoxy) is 1. The number of benzene rings is 2. The van der Waals surface area contributed by atoms with E-state index < -0.39 is 10.0 Å². The number of aromatic nitrogens is 1. The molecule has 0 atom stereocenters. The summed E-state index contributed by atoms with van der Waals surface area (Å²) >= 11 is 1.44. The minimum Gasteiger partial charge on any atom is -0.379 e. The highest BCUT2D eigenvalue weighted by atomic mass is 32.2. The van der Waals surface area contributed by atoms with Gasteiger partial charge in [0.15, 0.2) is 0 Å². The smallest absolute Gasteiger partial charge is 0.243 e. The Morgan fingerprint density at radius 2 is 1.78 bits per heavy atom. The van der Waals surface area contributed by atoms with Crippen LogP contribution in [0.4, 0.5) is 10.8 Å². The van der Waals surface area contributed by atoms with E-state index in [1.807, 2.05) is 48.6 Å². The van der Waals surface area contributed by atoms with Crippen LogP contribution < -0.4 is 10.3 Å². The summed E-state index contributed by atoms with van der Waals surface area (Å²) in [4.78, 5) is 6.86. The zero-order chi connectivity index (χ0) is 22.6. The second-order valence-corrected chi connectivity index (χ2v) is 10.2. The van der Waals surface area contributed by atoms with E-state index in [4.69, 9.17) is 4.74 Å². The predicted molar refractivity (Wildman–Crippen MR) is 129 cm³/mol. The average molecular weight is 472 g/mol. The fourth-order valence-electron chi connectivity index (χ4n) is 3.21. The van der Waals surface area contributed by atoms with Crippen molar-refractivity contribution in [3.05, 3.63) is 59.5 Å². The van der Waals surface area contributed by atoms with Gasteiger partial charge in [0.25, 0.3) is 0 Å². The van der Waals surface area contributed by atoms with Crippen molar-refractivity contribution in [1.29, 1.82) is 0 Å². The van der Waals surface area contributed by atoms with Gasteiger partial charge in [-0.2, -0.15) is 9.41 Å². The van der Waals surface area contributed by atoms with Gasteiger partial charge in [-0.05, 0) is 29.8 Å². The number of morpholine rings is 1. The molecule has 1 fully saturated rings. The van der Waals surface area contributed by atoms with Crippen molar-refractivity contribution < 1.29 is 13.2 Å². The lowest BCUT2D eigenvalue weighted by molar-refractivity contribution is 0.0730. The number of hydrogen-bond acceptors (Lipinski definition) is 8. The van der Waals surface area contributed by atoms with Crippen LogP contribution in [-0.4, -0.2) is 64.3 Å². The standard InChI is InChI=1S/C22H25N5O3S2/c1-26(2)19-7-3-17(4-8-19)15-23-25-22-24-21(16-31-22)18-5-9-20(10-6-18)32(28,29)27-11-13-30-14-12-27/h3-10,15-16H,11-14H2,1-2H3,(H,24,25)/b23-15-. The molecule has 1 aromatic heterocycles. The molecule has 1 N–H and O–H groups in total. The van der Waals surface area contributed by atoms with E-state index in [1.165, 1.54) is 15.6 Å². The van der Waals surface area contributed by atoms with Crippen molar-refractivity contribution in [2.45, 2.75) is 4.90 Å². The molecule has 0 amide bonds. The van der Waals surface area contributed by atoms with Crippen molar-refractivity contribution in [2.24, 2.45) is 5.10 Å². The summed E-state index contributed by atoms with van der Waals surface area (Å²) < 4.78 is 32.2. The predicted octanol–water partition coefficient (Wildman–Crippen LogP) is 3.34. The van der Waals surface area contributed by atoms with Gasteiger partial charge >= 0.3 is 0 Å². The van der Waals surface area contributed by atoms with Gasteiger partial charge in [0.2, 0.25) is 15.2 Å². The molecule has 168 valence electrons. The Kier molecular flexibility index (Phi) is 6.85. The van der Waals surface area contributed by atoms with E-state index in [1.54, 1.807) is 30.5 Å². The van der Waals surface area contributed by atoms with Crippen molar-refractivity contribution in [1.82, 2.24) is 9.29 Å². The number of nitrogens with one attached hydrogen (secondary N) is 1. The van der Waals surface area contributed by atoms with Crippen LogP contribution in [0.1, 0.15) is 5.56 Å². The zero-order valence-electron chi connectivity index (χ0n) is 17.9. The lowest BCUT2D eigenvalue weighted by atomic mass is 10.2. The first-order valence-corrected chi connectivity index (χ1v) is 12.5. The van der Waals surface area contributed by atoms with Gasteiger partial charge < -0.3 is 9.64 Å². The van der Waals surface area contributed by atoms with Crippen LogP contribution in [0.25, 0.3) is 11.3 Å². The van der Waals surface area contributed by atoms with Gasteiger partial charge in [-0.15, -0.1) is 11.3 Å². The average Bonchev–Trinajstić information content (AvgIpc) is 3.29. The molecule has 4 rings (SSSR count). The van der Waals surface area contributed by atoms with E-state index in [2.05, 4.69) is 15.5 Å².